The first-order valence-electron chi connectivity index (χ1n) is 13.0. The van der Waals surface area contributed by atoms with Gasteiger partial charge in [0.2, 0.25) is 20.8 Å². The predicted octanol–water partition coefficient (Wildman–Crippen LogP) is 4.34. The van der Waals surface area contributed by atoms with E-state index < -0.39 is 20.9 Å². The summed E-state index contributed by atoms with van der Waals surface area (Å²) in [6.45, 7) is 7.22. The van der Waals surface area contributed by atoms with Gasteiger partial charge in [-0.1, -0.05) is 0 Å². The zero-order chi connectivity index (χ0) is 27.0. The first-order chi connectivity index (χ1) is 18.1. The minimum absolute atomic E-state index is 0.143. The molecule has 2 fully saturated rings. The van der Waals surface area contributed by atoms with E-state index in [4.69, 9.17) is 4.74 Å². The van der Waals surface area contributed by atoms with Crippen LogP contribution in [-0.2, 0) is 16.9 Å². The van der Waals surface area contributed by atoms with Crippen LogP contribution in [0, 0.1) is 12.7 Å². The van der Waals surface area contributed by atoms with Crippen LogP contribution in [0.15, 0.2) is 29.6 Å². The normalized spacial score (nSPS) is 16.6. The monoisotopic (exact) mass is 543 g/mol. The number of hydrogen-bond acceptors (Lipinski definition) is 9. The Bertz CT molecular complexity index is 1430. The molecule has 1 aliphatic carbocycles. The van der Waals surface area contributed by atoms with E-state index in [2.05, 4.69) is 44.0 Å². The number of halogens is 1. The van der Waals surface area contributed by atoms with Gasteiger partial charge in [-0.15, -0.1) is 0 Å². The molecule has 204 valence electrons. The average molecular weight is 544 g/mol. The second kappa shape index (κ2) is 10.5. The van der Waals surface area contributed by atoms with Crippen LogP contribution in [0.5, 0.6) is 5.75 Å². The molecule has 2 aliphatic rings. The molecule has 3 N–H and O–H groups in total. The number of nitrogens with zero attached hydrogens (tertiary/aromatic N) is 4. The van der Waals surface area contributed by atoms with Crippen molar-refractivity contribution >= 4 is 33.0 Å². The zero-order valence-electron chi connectivity index (χ0n) is 22.1. The number of hydrogen-bond donors (Lipinski definition) is 3. The fourth-order valence-electron chi connectivity index (χ4n) is 4.59. The molecule has 0 spiro atoms. The Kier molecular flexibility index (Phi) is 7.28. The van der Waals surface area contributed by atoms with E-state index in [9.17, 15) is 12.8 Å². The molecule has 1 saturated heterocycles. The molecular formula is C26H34FN7O3S. The topological polar surface area (TPSA) is 123 Å². The van der Waals surface area contributed by atoms with E-state index >= 15 is 0 Å². The third kappa shape index (κ3) is 5.60. The summed E-state index contributed by atoms with van der Waals surface area (Å²) in [5, 5.41) is 12.6. The quantitative estimate of drug-likeness (QED) is 0.362. The number of nitrogens with one attached hydrogen (secondary N) is 3. The molecule has 0 unspecified atom stereocenters. The third-order valence-electron chi connectivity index (χ3n) is 6.89. The molecule has 0 radical (unpaired) electrons. The molecule has 0 bridgehead atoms. The zero-order valence-corrected chi connectivity index (χ0v) is 22.9. The van der Waals surface area contributed by atoms with Gasteiger partial charge in [0.15, 0.2) is 11.6 Å². The number of sulfone groups is 1. The molecule has 0 atom stereocenters. The van der Waals surface area contributed by atoms with E-state index in [0.29, 0.717) is 11.6 Å². The number of benzene rings is 1. The lowest BCUT2D eigenvalue weighted by molar-refractivity contribution is 0.304. The highest BCUT2D eigenvalue weighted by atomic mass is 32.2. The summed E-state index contributed by atoms with van der Waals surface area (Å²) in [5.74, 6) is 0.468. The molecule has 1 aromatic carbocycles. The molecule has 1 aliphatic heterocycles. The maximum absolute atomic E-state index is 14.7. The van der Waals surface area contributed by atoms with Crippen LogP contribution in [0.2, 0.25) is 0 Å². The van der Waals surface area contributed by atoms with Gasteiger partial charge < -0.3 is 20.7 Å². The minimum Gasteiger partial charge on any atom is -0.488 e. The summed E-state index contributed by atoms with van der Waals surface area (Å²) in [6, 6.07) is 4.15. The van der Waals surface area contributed by atoms with Crippen molar-refractivity contribution in [3.63, 3.8) is 0 Å². The van der Waals surface area contributed by atoms with Crippen molar-refractivity contribution in [1.29, 1.82) is 0 Å². The number of rotatable bonds is 9. The predicted molar refractivity (Wildman–Crippen MR) is 144 cm³/mol. The lowest BCUT2D eigenvalue weighted by Crippen LogP contribution is -2.27. The first kappa shape index (κ1) is 26.4. The van der Waals surface area contributed by atoms with Crippen molar-refractivity contribution in [3.05, 3.63) is 41.5 Å². The molecule has 10 nitrogen and oxygen atoms in total. The van der Waals surface area contributed by atoms with Crippen LogP contribution in [-0.4, -0.2) is 52.6 Å². The van der Waals surface area contributed by atoms with Crippen LogP contribution in [0.4, 0.5) is 27.5 Å². The summed E-state index contributed by atoms with van der Waals surface area (Å²) in [5.41, 5.74) is 3.27. The van der Waals surface area contributed by atoms with Gasteiger partial charge in [-0.2, -0.15) is 10.1 Å². The lowest BCUT2D eigenvalue weighted by Gasteiger charge is -2.26. The van der Waals surface area contributed by atoms with Crippen LogP contribution >= 0.6 is 0 Å². The Morgan fingerprint density at radius 2 is 1.87 bits per heavy atom. The van der Waals surface area contributed by atoms with E-state index in [1.807, 2.05) is 6.07 Å². The van der Waals surface area contributed by atoms with Gasteiger partial charge in [0, 0.05) is 13.2 Å². The summed E-state index contributed by atoms with van der Waals surface area (Å²) < 4.78 is 47.9. The van der Waals surface area contributed by atoms with Crippen LogP contribution < -0.4 is 20.7 Å². The Morgan fingerprint density at radius 3 is 2.55 bits per heavy atom. The molecule has 1 saturated carbocycles. The van der Waals surface area contributed by atoms with Gasteiger partial charge in [0.05, 0.1) is 28.9 Å². The highest BCUT2D eigenvalue weighted by molar-refractivity contribution is 7.92. The van der Waals surface area contributed by atoms with Gasteiger partial charge >= 0.3 is 0 Å². The molecule has 5 rings (SSSR count). The van der Waals surface area contributed by atoms with Crippen molar-refractivity contribution in [2.75, 3.05) is 23.7 Å². The molecule has 12 heteroatoms. The van der Waals surface area contributed by atoms with Crippen molar-refractivity contribution in [2.45, 2.75) is 68.8 Å². The van der Waals surface area contributed by atoms with Gasteiger partial charge in [0.25, 0.3) is 0 Å². The fourth-order valence-corrected chi connectivity index (χ4v) is 5.69. The second-order valence-corrected chi connectivity index (χ2v) is 12.7. The Hall–Kier alpha value is -3.25. The van der Waals surface area contributed by atoms with Crippen LogP contribution in [0.25, 0.3) is 0 Å². The van der Waals surface area contributed by atoms with Gasteiger partial charge in [-0.05, 0) is 88.7 Å². The van der Waals surface area contributed by atoms with Crippen molar-refractivity contribution in [1.82, 2.24) is 25.1 Å². The van der Waals surface area contributed by atoms with Crippen LogP contribution in [0.1, 0.15) is 56.6 Å². The Labute approximate surface area is 222 Å². The van der Waals surface area contributed by atoms with Gasteiger partial charge in [-0.3, -0.25) is 4.68 Å². The van der Waals surface area contributed by atoms with E-state index in [1.165, 1.54) is 16.4 Å². The maximum Gasteiger partial charge on any atom is 0.229 e. The minimum atomic E-state index is -3.70. The number of ether oxygens (including phenoxy) is 1. The molecule has 0 amide bonds. The van der Waals surface area contributed by atoms with Crippen molar-refractivity contribution < 1.29 is 17.5 Å². The number of piperidine rings is 1. The third-order valence-corrected chi connectivity index (χ3v) is 8.98. The Morgan fingerprint density at radius 1 is 1.13 bits per heavy atom. The van der Waals surface area contributed by atoms with Gasteiger partial charge in [0.1, 0.15) is 5.75 Å². The summed E-state index contributed by atoms with van der Waals surface area (Å²) in [7, 11) is -2.10. The van der Waals surface area contributed by atoms with E-state index in [-0.39, 0.29) is 28.6 Å². The highest BCUT2D eigenvalue weighted by Gasteiger charge is 2.28. The fraction of sp³-hybridized carbons (Fsp3) is 0.500. The van der Waals surface area contributed by atoms with Crippen LogP contribution in [0.3, 0.4) is 0 Å². The molecule has 2 aromatic heterocycles. The summed E-state index contributed by atoms with van der Waals surface area (Å²) >= 11 is 0. The van der Waals surface area contributed by atoms with Crippen molar-refractivity contribution in [2.24, 2.45) is 7.05 Å². The molecular weight excluding hydrogens is 509 g/mol. The van der Waals surface area contributed by atoms with E-state index in [1.54, 1.807) is 20.9 Å². The highest BCUT2D eigenvalue weighted by Crippen LogP contribution is 2.39. The SMILES string of the molecule is Cc1cc(Nc2ncc(F)c(Nc3cn(C)nc3S(=O)(=O)C(C)C)n2)c(OC2CC2)cc1C1CCNCC1. The number of aryl methyl sites for hydroxylation is 2. The van der Waals surface area contributed by atoms with Crippen molar-refractivity contribution in [3.8, 4) is 5.75 Å². The maximum atomic E-state index is 14.7. The summed E-state index contributed by atoms with van der Waals surface area (Å²) in [6.07, 6.45) is 6.91. The standard InChI is InChI=1S/C26H34FN7O3S/c1-15(2)38(35,36)25-22(14-34(4)33-25)30-24-20(27)13-29-26(32-24)31-21-11-16(3)19(17-7-9-28-10-8-17)12-23(21)37-18-5-6-18/h11-15,17-18,28H,5-10H2,1-4H3,(H2,29,30,31,32). The lowest BCUT2D eigenvalue weighted by atomic mass is 9.87. The summed E-state index contributed by atoms with van der Waals surface area (Å²) in [4.78, 5) is 8.43. The first-order valence-corrected chi connectivity index (χ1v) is 14.5. The molecule has 3 aromatic rings. The molecule has 38 heavy (non-hydrogen) atoms. The molecule has 3 heterocycles. The number of aromatic nitrogens is 4. The smallest absolute Gasteiger partial charge is 0.229 e. The average Bonchev–Trinajstić information content (AvgIpc) is 3.62. The largest absolute Gasteiger partial charge is 0.488 e. The Balaban J connectivity index is 1.44. The second-order valence-electron chi connectivity index (χ2n) is 10.3. The van der Waals surface area contributed by atoms with Gasteiger partial charge in [-0.25, -0.2) is 17.8 Å². The van der Waals surface area contributed by atoms with E-state index in [0.717, 1.165) is 56.3 Å². The number of anilines is 4.